The quantitative estimate of drug-likeness (QED) is 0.513. The van der Waals surface area contributed by atoms with Gasteiger partial charge in [0.25, 0.3) is 5.91 Å². The normalized spacial score (nSPS) is 15.6. The van der Waals surface area contributed by atoms with E-state index in [1.54, 1.807) is 49.4 Å². The molecule has 3 N–H and O–H groups in total. The van der Waals surface area contributed by atoms with Crippen molar-refractivity contribution in [2.24, 2.45) is 0 Å². The van der Waals surface area contributed by atoms with Crippen molar-refractivity contribution in [1.82, 2.24) is 10.6 Å². The van der Waals surface area contributed by atoms with Gasteiger partial charge < -0.3 is 25.4 Å². The van der Waals surface area contributed by atoms with Gasteiger partial charge in [-0.3, -0.25) is 4.79 Å². The van der Waals surface area contributed by atoms with Crippen molar-refractivity contribution in [3.05, 3.63) is 68.8 Å². The molecule has 0 aromatic heterocycles. The zero-order chi connectivity index (χ0) is 22.5. The van der Waals surface area contributed by atoms with Crippen LogP contribution in [-0.4, -0.2) is 31.6 Å². The highest BCUT2D eigenvalue weighted by atomic mass is 79.9. The van der Waals surface area contributed by atoms with Crippen LogP contribution in [0.2, 0.25) is 5.02 Å². The summed E-state index contributed by atoms with van der Waals surface area (Å²) in [6.07, 6.45) is 0. The van der Waals surface area contributed by atoms with Gasteiger partial charge in [-0.2, -0.15) is 0 Å². The molecule has 162 valence electrons. The molecule has 0 aliphatic carbocycles. The van der Waals surface area contributed by atoms with Gasteiger partial charge >= 0.3 is 12.0 Å². The number of rotatable bonds is 6. The van der Waals surface area contributed by atoms with Gasteiger partial charge in [0.1, 0.15) is 5.75 Å². The fraction of sp³-hybridized carbons (Fsp3) is 0.190. The van der Waals surface area contributed by atoms with Crippen molar-refractivity contribution in [3.63, 3.8) is 0 Å². The molecule has 0 radical (unpaired) electrons. The first kappa shape index (κ1) is 22.6. The molecule has 1 aliphatic heterocycles. The third-order valence-corrected chi connectivity index (χ3v) is 5.31. The molecular weight excluding hydrogens is 490 g/mol. The number of nitrogens with one attached hydrogen (secondary N) is 3. The van der Waals surface area contributed by atoms with Gasteiger partial charge in [-0.1, -0.05) is 23.7 Å². The lowest BCUT2D eigenvalue weighted by molar-refractivity contribution is -0.142. The van der Waals surface area contributed by atoms with E-state index < -0.39 is 18.0 Å². The van der Waals surface area contributed by atoms with E-state index in [9.17, 15) is 14.4 Å². The number of halogens is 2. The molecule has 0 fully saturated rings. The van der Waals surface area contributed by atoms with Crippen molar-refractivity contribution in [1.29, 1.82) is 0 Å². The van der Waals surface area contributed by atoms with Gasteiger partial charge in [-0.15, -0.1) is 0 Å². The van der Waals surface area contributed by atoms with Gasteiger partial charge in [-0.05, 0) is 58.7 Å². The standard InChI is InChI=1S/C21H19BrClN3O5/c1-11-18(20(28)25-14-5-3-4-13(23)9-14)19(26-21(29)24-11)12-6-7-16(15(22)8-12)31-10-17(27)30-2/h3-9,19H,10H2,1-2H3,(H,25,28)(H2,24,26,29). The van der Waals surface area contributed by atoms with Gasteiger partial charge in [-0.25, -0.2) is 9.59 Å². The molecule has 3 amide bonds. The number of hydrogen-bond donors (Lipinski definition) is 3. The van der Waals surface area contributed by atoms with Crippen molar-refractivity contribution < 1.29 is 23.9 Å². The van der Waals surface area contributed by atoms with Crippen LogP contribution in [0.3, 0.4) is 0 Å². The highest BCUT2D eigenvalue weighted by Crippen LogP contribution is 2.33. The largest absolute Gasteiger partial charge is 0.481 e. The molecule has 31 heavy (non-hydrogen) atoms. The van der Waals surface area contributed by atoms with Crippen molar-refractivity contribution >= 4 is 51.1 Å². The molecule has 2 aromatic rings. The molecule has 10 heteroatoms. The number of carbonyl (C=O) groups is 3. The Kier molecular flexibility index (Phi) is 7.19. The second-order valence-corrected chi connectivity index (χ2v) is 7.88. The van der Waals surface area contributed by atoms with E-state index in [1.165, 1.54) is 7.11 Å². The highest BCUT2D eigenvalue weighted by molar-refractivity contribution is 9.10. The minimum atomic E-state index is -0.709. The van der Waals surface area contributed by atoms with Crippen LogP contribution >= 0.6 is 27.5 Å². The third-order valence-electron chi connectivity index (χ3n) is 4.46. The zero-order valence-electron chi connectivity index (χ0n) is 16.6. The Balaban J connectivity index is 1.88. The van der Waals surface area contributed by atoms with Crippen LogP contribution in [0.5, 0.6) is 5.75 Å². The topological polar surface area (TPSA) is 106 Å². The lowest BCUT2D eigenvalue weighted by Gasteiger charge is -2.29. The second-order valence-electron chi connectivity index (χ2n) is 6.59. The summed E-state index contributed by atoms with van der Waals surface area (Å²) in [5.41, 5.74) is 1.94. The smallest absolute Gasteiger partial charge is 0.343 e. The van der Waals surface area contributed by atoms with Crippen molar-refractivity contribution in [2.45, 2.75) is 13.0 Å². The lowest BCUT2D eigenvalue weighted by atomic mass is 9.94. The summed E-state index contributed by atoms with van der Waals surface area (Å²) in [4.78, 5) is 36.4. The highest BCUT2D eigenvalue weighted by Gasteiger charge is 2.31. The van der Waals surface area contributed by atoms with Gasteiger partial charge in [0, 0.05) is 16.4 Å². The molecule has 0 saturated heterocycles. The average Bonchev–Trinajstić information content (AvgIpc) is 2.71. The number of methoxy groups -OCH3 is 1. The van der Waals surface area contributed by atoms with E-state index in [2.05, 4.69) is 36.6 Å². The summed E-state index contributed by atoms with van der Waals surface area (Å²) in [6.45, 7) is 1.41. The molecule has 0 saturated carbocycles. The SMILES string of the molecule is COC(=O)COc1ccc(C2NC(=O)NC(C)=C2C(=O)Nc2cccc(Cl)c2)cc1Br. The Morgan fingerprint density at radius 1 is 1.23 bits per heavy atom. The van der Waals surface area contributed by atoms with E-state index in [1.807, 2.05) is 0 Å². The first-order chi connectivity index (χ1) is 14.8. The average molecular weight is 509 g/mol. The van der Waals surface area contributed by atoms with Crippen LogP contribution < -0.4 is 20.7 Å². The Morgan fingerprint density at radius 2 is 2.00 bits per heavy atom. The first-order valence-electron chi connectivity index (χ1n) is 9.12. The number of allylic oxidation sites excluding steroid dienone is 1. The number of urea groups is 1. The Hall–Kier alpha value is -3.04. The fourth-order valence-corrected chi connectivity index (χ4v) is 3.72. The maximum absolute atomic E-state index is 13.1. The van der Waals surface area contributed by atoms with E-state index in [0.29, 0.717) is 37.8 Å². The minimum absolute atomic E-state index is 0.245. The zero-order valence-corrected chi connectivity index (χ0v) is 19.0. The molecular formula is C21H19BrClN3O5. The Morgan fingerprint density at radius 3 is 2.68 bits per heavy atom. The molecule has 0 bridgehead atoms. The Labute approximate surface area is 192 Å². The summed E-state index contributed by atoms with van der Waals surface area (Å²) < 4.78 is 10.5. The minimum Gasteiger partial charge on any atom is -0.481 e. The fourth-order valence-electron chi connectivity index (χ4n) is 3.02. The predicted molar refractivity (Wildman–Crippen MR) is 119 cm³/mol. The van der Waals surface area contributed by atoms with Crippen LogP contribution in [0.25, 0.3) is 0 Å². The number of carbonyl (C=O) groups excluding carboxylic acids is 3. The number of ether oxygens (including phenoxy) is 2. The lowest BCUT2D eigenvalue weighted by Crippen LogP contribution is -2.46. The molecule has 1 unspecified atom stereocenters. The summed E-state index contributed by atoms with van der Waals surface area (Å²) in [5, 5.41) is 8.68. The van der Waals surface area contributed by atoms with Crippen LogP contribution in [-0.2, 0) is 14.3 Å². The second kappa shape index (κ2) is 9.84. The van der Waals surface area contributed by atoms with E-state index >= 15 is 0 Å². The van der Waals surface area contributed by atoms with Crippen LogP contribution in [0.15, 0.2) is 58.2 Å². The number of amides is 3. The molecule has 0 spiro atoms. The molecule has 1 atom stereocenters. The summed E-state index contributed by atoms with van der Waals surface area (Å²) in [6, 6.07) is 10.7. The van der Waals surface area contributed by atoms with Crippen molar-refractivity contribution in [2.75, 3.05) is 19.0 Å². The third kappa shape index (κ3) is 5.56. The Bertz CT molecular complexity index is 1070. The van der Waals surface area contributed by atoms with E-state index in [0.717, 1.165) is 0 Å². The van der Waals surface area contributed by atoms with E-state index in [-0.39, 0.29) is 12.5 Å². The van der Waals surface area contributed by atoms with Gasteiger partial charge in [0.2, 0.25) is 0 Å². The maximum Gasteiger partial charge on any atom is 0.343 e. The summed E-state index contributed by atoms with van der Waals surface area (Å²) in [7, 11) is 1.27. The summed E-state index contributed by atoms with van der Waals surface area (Å²) >= 11 is 9.39. The molecule has 1 heterocycles. The summed E-state index contributed by atoms with van der Waals surface area (Å²) in [5.74, 6) is -0.487. The predicted octanol–water partition coefficient (Wildman–Crippen LogP) is 3.92. The van der Waals surface area contributed by atoms with Crippen LogP contribution in [0, 0.1) is 0 Å². The molecule has 8 nitrogen and oxygen atoms in total. The number of hydrogen-bond acceptors (Lipinski definition) is 5. The number of anilines is 1. The maximum atomic E-state index is 13.1. The number of benzene rings is 2. The van der Waals surface area contributed by atoms with Crippen molar-refractivity contribution in [3.8, 4) is 5.75 Å². The van der Waals surface area contributed by atoms with Crippen LogP contribution in [0.4, 0.5) is 10.5 Å². The van der Waals surface area contributed by atoms with Gasteiger partial charge in [0.05, 0.1) is 23.2 Å². The molecule has 2 aromatic carbocycles. The van der Waals surface area contributed by atoms with E-state index in [4.69, 9.17) is 16.3 Å². The van der Waals surface area contributed by atoms with Gasteiger partial charge in [0.15, 0.2) is 6.61 Å². The monoisotopic (exact) mass is 507 g/mol. The first-order valence-corrected chi connectivity index (χ1v) is 10.3. The van der Waals surface area contributed by atoms with Crippen LogP contribution in [0.1, 0.15) is 18.5 Å². The molecule has 3 rings (SSSR count). The molecule has 1 aliphatic rings. The number of esters is 1.